The fraction of sp³-hybridized carbons (Fsp3) is 0.429. The molecule has 138 valence electrons. The van der Waals surface area contributed by atoms with Crippen molar-refractivity contribution < 1.29 is 14.3 Å². The molecule has 2 aromatic carbocycles. The van der Waals surface area contributed by atoms with Gasteiger partial charge < -0.3 is 10.1 Å². The zero-order valence-corrected chi connectivity index (χ0v) is 15.5. The van der Waals surface area contributed by atoms with Crippen LogP contribution >= 0.6 is 0 Å². The van der Waals surface area contributed by atoms with Crippen LogP contribution in [0.3, 0.4) is 0 Å². The average Bonchev–Trinajstić information content (AvgIpc) is 2.97. The number of rotatable bonds is 7. The highest BCUT2D eigenvalue weighted by Crippen LogP contribution is 2.38. The van der Waals surface area contributed by atoms with Crippen LogP contribution in [0.15, 0.2) is 42.5 Å². The van der Waals surface area contributed by atoms with Crippen LogP contribution in [-0.4, -0.2) is 37.1 Å². The molecule has 0 spiro atoms. The maximum atomic E-state index is 12.9. The maximum Gasteiger partial charge on any atom is 0.246 e. The first kappa shape index (κ1) is 18.4. The van der Waals surface area contributed by atoms with E-state index < -0.39 is 5.54 Å². The minimum Gasteiger partial charge on any atom is -0.382 e. The molecular weight excluding hydrogens is 328 g/mol. The molecule has 3 rings (SSSR count). The van der Waals surface area contributed by atoms with Crippen molar-refractivity contribution in [1.29, 1.82) is 0 Å². The number of carbonyl (C=O) groups excluding carboxylic acids is 2. The second-order valence-electron chi connectivity index (χ2n) is 6.81. The summed E-state index contributed by atoms with van der Waals surface area (Å²) in [7, 11) is 0. The molecule has 0 aliphatic carbocycles. The second-order valence-corrected chi connectivity index (χ2v) is 6.81. The molecule has 26 heavy (non-hydrogen) atoms. The molecule has 1 atom stereocenters. The number of anilines is 1. The van der Waals surface area contributed by atoms with Gasteiger partial charge in [0.1, 0.15) is 5.54 Å². The number of hydrogen-bond acceptors (Lipinski definition) is 3. The Morgan fingerprint density at radius 3 is 2.81 bits per heavy atom. The lowest BCUT2D eigenvalue weighted by molar-refractivity contribution is -0.127. The van der Waals surface area contributed by atoms with Crippen LogP contribution in [0.1, 0.15) is 33.1 Å². The highest BCUT2D eigenvalue weighted by Gasteiger charge is 2.48. The molecule has 1 aliphatic rings. The van der Waals surface area contributed by atoms with Crippen molar-refractivity contribution in [3.63, 3.8) is 0 Å². The molecule has 0 aromatic heterocycles. The Morgan fingerprint density at radius 2 is 2.00 bits per heavy atom. The van der Waals surface area contributed by atoms with E-state index in [2.05, 4.69) is 5.32 Å². The first-order chi connectivity index (χ1) is 12.6. The minimum atomic E-state index is -0.868. The molecule has 2 amide bonds. The molecule has 1 fully saturated rings. The van der Waals surface area contributed by atoms with Crippen LogP contribution in [0.2, 0.25) is 0 Å². The minimum absolute atomic E-state index is 0.00619. The Morgan fingerprint density at radius 1 is 1.23 bits per heavy atom. The van der Waals surface area contributed by atoms with Gasteiger partial charge in [-0.05, 0) is 38.1 Å². The van der Waals surface area contributed by atoms with E-state index in [0.717, 1.165) is 22.9 Å². The summed E-state index contributed by atoms with van der Waals surface area (Å²) in [5.74, 6) is -0.110. The Balaban J connectivity index is 1.84. The first-order valence-corrected chi connectivity index (χ1v) is 9.25. The summed E-state index contributed by atoms with van der Waals surface area (Å²) in [4.78, 5) is 27.3. The zero-order chi connectivity index (χ0) is 18.6. The van der Waals surface area contributed by atoms with E-state index in [4.69, 9.17) is 4.74 Å². The predicted octanol–water partition coefficient (Wildman–Crippen LogP) is 3.27. The van der Waals surface area contributed by atoms with Gasteiger partial charge in [-0.3, -0.25) is 14.5 Å². The van der Waals surface area contributed by atoms with Gasteiger partial charge in [-0.2, -0.15) is 0 Å². The van der Waals surface area contributed by atoms with Gasteiger partial charge in [-0.1, -0.05) is 36.4 Å². The van der Waals surface area contributed by atoms with Gasteiger partial charge in [0, 0.05) is 31.6 Å². The van der Waals surface area contributed by atoms with Crippen molar-refractivity contribution in [3.8, 4) is 0 Å². The van der Waals surface area contributed by atoms with E-state index in [1.54, 1.807) is 4.90 Å². The summed E-state index contributed by atoms with van der Waals surface area (Å²) in [6.07, 6.45) is 1.66. The predicted molar refractivity (Wildman–Crippen MR) is 103 cm³/mol. The molecule has 5 heteroatoms. The lowest BCUT2D eigenvalue weighted by Gasteiger charge is -2.34. The van der Waals surface area contributed by atoms with E-state index >= 15 is 0 Å². The number of carbonyl (C=O) groups is 2. The van der Waals surface area contributed by atoms with Crippen molar-refractivity contribution in [2.24, 2.45) is 0 Å². The lowest BCUT2D eigenvalue weighted by atomic mass is 9.96. The van der Waals surface area contributed by atoms with Gasteiger partial charge in [-0.15, -0.1) is 0 Å². The highest BCUT2D eigenvalue weighted by atomic mass is 16.5. The molecule has 1 heterocycles. The number of hydrogen-bond donors (Lipinski definition) is 1. The molecular formula is C21H26N2O3. The van der Waals surface area contributed by atoms with Gasteiger partial charge in [0.25, 0.3) is 0 Å². The number of nitrogens with zero attached hydrogens (tertiary/aromatic N) is 1. The van der Waals surface area contributed by atoms with Gasteiger partial charge in [0.05, 0.1) is 5.69 Å². The number of benzene rings is 2. The van der Waals surface area contributed by atoms with Crippen molar-refractivity contribution in [2.75, 3.05) is 24.7 Å². The first-order valence-electron chi connectivity index (χ1n) is 9.25. The van der Waals surface area contributed by atoms with Crippen LogP contribution in [-0.2, 0) is 14.3 Å². The monoisotopic (exact) mass is 354 g/mol. The second kappa shape index (κ2) is 7.87. The highest BCUT2D eigenvalue weighted by molar-refractivity contribution is 6.11. The van der Waals surface area contributed by atoms with Crippen LogP contribution in [0.5, 0.6) is 0 Å². The quantitative estimate of drug-likeness (QED) is 0.777. The Kier molecular flexibility index (Phi) is 5.57. The molecule has 1 aliphatic heterocycles. The van der Waals surface area contributed by atoms with Crippen molar-refractivity contribution in [2.45, 2.75) is 38.6 Å². The van der Waals surface area contributed by atoms with Crippen LogP contribution in [0.4, 0.5) is 5.69 Å². The third kappa shape index (κ3) is 3.44. The van der Waals surface area contributed by atoms with Crippen LogP contribution in [0.25, 0.3) is 10.8 Å². The summed E-state index contributed by atoms with van der Waals surface area (Å²) >= 11 is 0. The van der Waals surface area contributed by atoms with Gasteiger partial charge in [-0.25, -0.2) is 0 Å². The largest absolute Gasteiger partial charge is 0.382 e. The summed E-state index contributed by atoms with van der Waals surface area (Å²) in [5.41, 5.74) is -0.0649. The Labute approximate surface area is 154 Å². The molecule has 5 nitrogen and oxygen atoms in total. The summed E-state index contributed by atoms with van der Waals surface area (Å²) in [6, 6.07) is 13.8. The van der Waals surface area contributed by atoms with Gasteiger partial charge >= 0.3 is 0 Å². The topological polar surface area (TPSA) is 58.6 Å². The van der Waals surface area contributed by atoms with Gasteiger partial charge in [0.2, 0.25) is 11.8 Å². The third-order valence-corrected chi connectivity index (χ3v) is 5.02. The van der Waals surface area contributed by atoms with Crippen LogP contribution in [0, 0.1) is 0 Å². The SMILES string of the molecule is CCOCCCNC(=O)[C@]1(C)CCC(=O)N1c1cccc2ccccc12. The van der Waals surface area contributed by atoms with Crippen molar-refractivity contribution >= 4 is 28.3 Å². The Bertz CT molecular complexity index is 799. The smallest absolute Gasteiger partial charge is 0.246 e. The van der Waals surface area contributed by atoms with Gasteiger partial charge in [0.15, 0.2) is 0 Å². The number of amides is 2. The van der Waals surface area contributed by atoms with E-state index in [9.17, 15) is 9.59 Å². The number of nitrogens with one attached hydrogen (secondary N) is 1. The summed E-state index contributed by atoms with van der Waals surface area (Å²) < 4.78 is 5.31. The lowest BCUT2D eigenvalue weighted by Crippen LogP contribution is -2.55. The van der Waals surface area contributed by atoms with E-state index in [1.807, 2.05) is 56.3 Å². The molecule has 1 saturated heterocycles. The Hall–Kier alpha value is -2.40. The normalized spacial score (nSPS) is 19.9. The zero-order valence-electron chi connectivity index (χ0n) is 15.5. The van der Waals surface area contributed by atoms with Crippen LogP contribution < -0.4 is 10.2 Å². The van der Waals surface area contributed by atoms with E-state index in [1.165, 1.54) is 0 Å². The fourth-order valence-electron chi connectivity index (χ4n) is 3.58. The fourth-order valence-corrected chi connectivity index (χ4v) is 3.58. The molecule has 0 saturated carbocycles. The third-order valence-electron chi connectivity index (χ3n) is 5.02. The molecule has 0 bridgehead atoms. The van der Waals surface area contributed by atoms with Crippen molar-refractivity contribution in [3.05, 3.63) is 42.5 Å². The van der Waals surface area contributed by atoms with E-state index in [-0.39, 0.29) is 11.8 Å². The average molecular weight is 354 g/mol. The maximum absolute atomic E-state index is 12.9. The summed E-state index contributed by atoms with van der Waals surface area (Å²) in [5, 5.41) is 5.03. The number of fused-ring (bicyclic) bond motifs is 1. The molecule has 1 N–H and O–H groups in total. The number of ether oxygens (including phenoxy) is 1. The molecule has 0 radical (unpaired) electrons. The molecule has 0 unspecified atom stereocenters. The standard InChI is InChI=1S/C21H26N2O3/c1-3-26-15-7-14-22-20(25)21(2)13-12-19(24)23(21)18-11-6-9-16-8-4-5-10-17(16)18/h4-6,8-11H,3,7,12-15H2,1-2H3,(H,22,25)/t21-/m0/s1. The molecule has 2 aromatic rings. The summed E-state index contributed by atoms with van der Waals surface area (Å²) in [6.45, 7) is 5.66. The van der Waals surface area contributed by atoms with Crippen molar-refractivity contribution in [1.82, 2.24) is 5.32 Å². The van der Waals surface area contributed by atoms with E-state index in [0.29, 0.717) is 32.6 Å².